The number of carbonyl (C=O) groups is 3. The zero-order chi connectivity index (χ0) is 23.2. The van der Waals surface area contributed by atoms with Gasteiger partial charge in [-0.2, -0.15) is 0 Å². The van der Waals surface area contributed by atoms with Gasteiger partial charge in [-0.3, -0.25) is 19.8 Å². The van der Waals surface area contributed by atoms with Crippen molar-refractivity contribution in [2.24, 2.45) is 11.7 Å². The number of aliphatic carboxylic acids is 1. The monoisotopic (exact) mass is 442 g/mol. The normalized spacial score (nSPS) is 17.3. The van der Waals surface area contributed by atoms with Gasteiger partial charge in [0.15, 0.2) is 0 Å². The molecule has 31 heavy (non-hydrogen) atoms. The van der Waals surface area contributed by atoms with E-state index < -0.39 is 26.0 Å². The van der Waals surface area contributed by atoms with Gasteiger partial charge in [-0.15, -0.1) is 5.54 Å². The van der Waals surface area contributed by atoms with Gasteiger partial charge in [-0.05, 0) is 37.1 Å². The summed E-state index contributed by atoms with van der Waals surface area (Å²) in [5.41, 5.74) is 9.85. The fourth-order valence-electron chi connectivity index (χ4n) is 3.31. The van der Waals surface area contributed by atoms with Gasteiger partial charge in [0.25, 0.3) is 0 Å². The standard InChI is InChI=1S/C22H30N4O4Si/c1-31(2,3)12-10-17(14-20(28)29)25-19(27)13-16-5-4-11-26(22(16)30)18-8-6-15(7-9-18)21(23)24/h6-9,16-17H,4-5,11,13-14H2,1-3H3,(H3,23,24)(H,25,27)(H,28,29)/t16?,17-/m1/s1. The van der Waals surface area contributed by atoms with Crippen molar-refractivity contribution >= 4 is 37.4 Å². The van der Waals surface area contributed by atoms with Crippen LogP contribution in [0.1, 0.15) is 31.2 Å². The average molecular weight is 443 g/mol. The molecule has 0 aromatic heterocycles. The minimum absolute atomic E-state index is 0.00833. The number of benzene rings is 1. The molecule has 2 atom stereocenters. The highest BCUT2D eigenvalue weighted by Gasteiger charge is 2.31. The molecule has 0 spiro atoms. The van der Waals surface area contributed by atoms with Crippen LogP contribution in [0.5, 0.6) is 0 Å². The predicted octanol–water partition coefficient (Wildman–Crippen LogP) is 1.94. The molecule has 0 saturated carbocycles. The van der Waals surface area contributed by atoms with Crippen molar-refractivity contribution in [3.05, 3.63) is 29.8 Å². The number of carbonyl (C=O) groups excluding carboxylic acids is 2. The Labute approximate surface area is 183 Å². The highest BCUT2D eigenvalue weighted by atomic mass is 28.3. The number of nitrogen functional groups attached to an aromatic ring is 1. The molecule has 1 aliphatic rings. The molecule has 1 aromatic carbocycles. The summed E-state index contributed by atoms with van der Waals surface area (Å²) in [6.45, 7) is 6.67. The second-order valence-electron chi connectivity index (χ2n) is 8.73. The summed E-state index contributed by atoms with van der Waals surface area (Å²) in [5, 5.41) is 19.3. The van der Waals surface area contributed by atoms with Crippen LogP contribution in [0.4, 0.5) is 5.69 Å². The highest BCUT2D eigenvalue weighted by molar-refractivity contribution is 6.83. The van der Waals surface area contributed by atoms with Crippen LogP contribution in [0.2, 0.25) is 19.6 Å². The second-order valence-corrected chi connectivity index (χ2v) is 13.5. The number of nitrogens with two attached hydrogens (primary N) is 1. The molecule has 1 heterocycles. The van der Waals surface area contributed by atoms with E-state index in [2.05, 4.69) is 16.8 Å². The first-order valence-corrected chi connectivity index (χ1v) is 13.8. The number of hydrogen-bond donors (Lipinski definition) is 4. The smallest absolute Gasteiger partial charge is 0.306 e. The third kappa shape index (κ3) is 7.57. The van der Waals surface area contributed by atoms with Crippen molar-refractivity contribution in [2.45, 2.75) is 51.4 Å². The molecule has 1 aliphatic heterocycles. The van der Waals surface area contributed by atoms with E-state index in [0.29, 0.717) is 24.2 Å². The van der Waals surface area contributed by atoms with Crippen LogP contribution in [0.3, 0.4) is 0 Å². The van der Waals surface area contributed by atoms with Crippen LogP contribution < -0.4 is 16.0 Å². The van der Waals surface area contributed by atoms with E-state index in [9.17, 15) is 14.4 Å². The van der Waals surface area contributed by atoms with E-state index >= 15 is 0 Å². The zero-order valence-corrected chi connectivity index (χ0v) is 19.2. The van der Waals surface area contributed by atoms with E-state index in [1.807, 2.05) is 19.6 Å². The number of amides is 2. The van der Waals surface area contributed by atoms with E-state index in [-0.39, 0.29) is 30.5 Å². The van der Waals surface area contributed by atoms with Crippen LogP contribution in [-0.4, -0.2) is 49.4 Å². The van der Waals surface area contributed by atoms with Gasteiger partial charge in [0, 0.05) is 30.1 Å². The highest BCUT2D eigenvalue weighted by Crippen LogP contribution is 2.26. The summed E-state index contributed by atoms with van der Waals surface area (Å²) < 4.78 is 0. The SMILES string of the molecule is C[Si](C)(C)C#C[C@H](CC(=O)O)NC(=O)CC1CCCN(c2ccc(C(=N)N)cc2)C1=O. The quantitative estimate of drug-likeness (QED) is 0.221. The molecule has 1 aromatic rings. The van der Waals surface area contributed by atoms with Gasteiger partial charge in [0.05, 0.1) is 6.42 Å². The van der Waals surface area contributed by atoms with Gasteiger partial charge in [0.2, 0.25) is 11.8 Å². The van der Waals surface area contributed by atoms with Crippen molar-refractivity contribution < 1.29 is 19.5 Å². The van der Waals surface area contributed by atoms with Crippen molar-refractivity contribution in [3.63, 3.8) is 0 Å². The Morgan fingerprint density at radius 3 is 2.52 bits per heavy atom. The fourth-order valence-corrected chi connectivity index (χ4v) is 3.92. The first-order chi connectivity index (χ1) is 14.5. The molecule has 166 valence electrons. The molecule has 0 aliphatic carbocycles. The number of hydrogen-bond acceptors (Lipinski definition) is 4. The lowest BCUT2D eigenvalue weighted by atomic mass is 9.92. The third-order valence-electron chi connectivity index (χ3n) is 4.81. The van der Waals surface area contributed by atoms with E-state index in [1.165, 1.54) is 0 Å². The predicted molar refractivity (Wildman–Crippen MR) is 122 cm³/mol. The molecule has 8 nitrogen and oxygen atoms in total. The Morgan fingerprint density at radius 2 is 1.97 bits per heavy atom. The molecule has 5 N–H and O–H groups in total. The van der Waals surface area contributed by atoms with Crippen LogP contribution in [0, 0.1) is 22.8 Å². The minimum atomic E-state index is -1.72. The summed E-state index contributed by atoms with van der Waals surface area (Å²) in [4.78, 5) is 38.3. The minimum Gasteiger partial charge on any atom is -0.481 e. The lowest BCUT2D eigenvalue weighted by molar-refractivity contribution is -0.137. The second kappa shape index (κ2) is 10.3. The Hall–Kier alpha value is -3.12. The Bertz CT molecular complexity index is 912. The molecule has 2 amide bonds. The van der Waals surface area contributed by atoms with Gasteiger partial charge in [-0.25, -0.2) is 0 Å². The molecule has 1 fully saturated rings. The lowest BCUT2D eigenvalue weighted by Gasteiger charge is -2.32. The number of nitrogens with zero attached hydrogens (tertiary/aromatic N) is 1. The number of anilines is 1. The molecular formula is C22H30N4O4Si. The summed E-state index contributed by atoms with van der Waals surface area (Å²) in [7, 11) is -1.72. The van der Waals surface area contributed by atoms with Crippen LogP contribution in [-0.2, 0) is 14.4 Å². The van der Waals surface area contributed by atoms with Crippen LogP contribution in [0.25, 0.3) is 0 Å². The van der Waals surface area contributed by atoms with Gasteiger partial charge in [-0.1, -0.05) is 25.6 Å². The number of rotatable bonds is 7. The van der Waals surface area contributed by atoms with E-state index in [1.54, 1.807) is 29.2 Å². The van der Waals surface area contributed by atoms with Crippen molar-refractivity contribution in [2.75, 3.05) is 11.4 Å². The maximum Gasteiger partial charge on any atom is 0.306 e. The fraction of sp³-hybridized carbons (Fsp3) is 0.455. The summed E-state index contributed by atoms with van der Waals surface area (Å²) >= 11 is 0. The maximum atomic E-state index is 13.0. The Kier molecular flexibility index (Phi) is 7.99. The zero-order valence-electron chi connectivity index (χ0n) is 18.2. The van der Waals surface area contributed by atoms with Crippen LogP contribution >= 0.6 is 0 Å². The summed E-state index contributed by atoms with van der Waals surface area (Å²) in [6.07, 6.45) is 1.06. The Morgan fingerprint density at radius 1 is 1.32 bits per heavy atom. The maximum absolute atomic E-state index is 13.0. The van der Waals surface area contributed by atoms with Crippen molar-refractivity contribution in [1.29, 1.82) is 5.41 Å². The van der Waals surface area contributed by atoms with E-state index in [0.717, 1.165) is 6.42 Å². The van der Waals surface area contributed by atoms with Crippen LogP contribution in [0.15, 0.2) is 24.3 Å². The molecule has 0 radical (unpaired) electrons. The van der Waals surface area contributed by atoms with Gasteiger partial charge < -0.3 is 21.1 Å². The molecular weight excluding hydrogens is 412 g/mol. The number of carboxylic acid groups (broad SMARTS) is 1. The van der Waals surface area contributed by atoms with Gasteiger partial charge >= 0.3 is 5.97 Å². The summed E-state index contributed by atoms with van der Waals surface area (Å²) in [5.74, 6) is 0.829. The molecule has 2 rings (SSSR count). The number of amidine groups is 1. The topological polar surface area (TPSA) is 137 Å². The van der Waals surface area contributed by atoms with Crippen molar-refractivity contribution in [3.8, 4) is 11.5 Å². The number of nitrogens with one attached hydrogen (secondary N) is 2. The third-order valence-corrected chi connectivity index (χ3v) is 5.70. The number of carboxylic acids is 1. The molecule has 1 unspecified atom stereocenters. The van der Waals surface area contributed by atoms with Gasteiger partial charge in [0.1, 0.15) is 20.0 Å². The number of piperidine rings is 1. The molecule has 1 saturated heterocycles. The first kappa shape index (κ1) is 24.1. The Balaban J connectivity index is 2.05. The average Bonchev–Trinajstić information content (AvgIpc) is 2.67. The molecule has 9 heteroatoms. The molecule has 0 bridgehead atoms. The van der Waals surface area contributed by atoms with Crippen molar-refractivity contribution in [1.82, 2.24) is 5.32 Å². The lowest BCUT2D eigenvalue weighted by Crippen LogP contribution is -2.44. The summed E-state index contributed by atoms with van der Waals surface area (Å²) in [6, 6.07) is 6.09. The largest absolute Gasteiger partial charge is 0.481 e. The first-order valence-electron chi connectivity index (χ1n) is 10.3. The van der Waals surface area contributed by atoms with E-state index in [4.69, 9.17) is 16.2 Å².